The second-order valence-corrected chi connectivity index (χ2v) is 16.5. The van der Waals surface area contributed by atoms with Crippen LogP contribution in [0.4, 0.5) is 34.1 Å². The van der Waals surface area contributed by atoms with Crippen LogP contribution in [0.5, 0.6) is 0 Å². The van der Waals surface area contributed by atoms with Gasteiger partial charge in [-0.25, -0.2) is 0 Å². The molecule has 0 aliphatic heterocycles. The normalized spacial score (nSPS) is 11.4. The molecule has 0 atom stereocenters. The van der Waals surface area contributed by atoms with E-state index in [1.54, 1.807) is 0 Å². The van der Waals surface area contributed by atoms with E-state index < -0.39 is 0 Å². The zero-order valence-corrected chi connectivity index (χ0v) is 35.6. The lowest BCUT2D eigenvalue weighted by Crippen LogP contribution is -2.11. The molecule has 0 saturated heterocycles. The lowest BCUT2D eigenvalue weighted by Gasteiger charge is -2.28. The van der Waals surface area contributed by atoms with Crippen LogP contribution in [0.1, 0.15) is 0 Å². The van der Waals surface area contributed by atoms with Crippen molar-refractivity contribution in [2.75, 3.05) is 9.80 Å². The van der Waals surface area contributed by atoms with Gasteiger partial charge in [-0.15, -0.1) is 0 Å². The van der Waals surface area contributed by atoms with E-state index in [1.165, 1.54) is 43.8 Å². The maximum Gasteiger partial charge on any atom is 0.159 e. The molecule has 1 aromatic heterocycles. The molecule has 12 aromatic rings. The van der Waals surface area contributed by atoms with Crippen molar-refractivity contribution in [2.24, 2.45) is 0 Å². The summed E-state index contributed by atoms with van der Waals surface area (Å²) in [6.07, 6.45) is 0. The Labute approximate surface area is 378 Å². The van der Waals surface area contributed by atoms with Crippen LogP contribution in [-0.4, -0.2) is 0 Å². The third-order valence-corrected chi connectivity index (χ3v) is 12.7. The van der Waals surface area contributed by atoms with Crippen LogP contribution in [0.2, 0.25) is 0 Å². The first-order valence-electron chi connectivity index (χ1n) is 22.2. The molecule has 3 nitrogen and oxygen atoms in total. The predicted octanol–water partition coefficient (Wildman–Crippen LogP) is 17.8. The Morgan fingerprint density at radius 1 is 0.246 bits per heavy atom. The van der Waals surface area contributed by atoms with Crippen molar-refractivity contribution in [1.82, 2.24) is 0 Å². The number of nitrogens with zero attached hydrogens (tertiary/aromatic N) is 2. The molecule has 0 radical (unpaired) electrons. The number of anilines is 6. The Hall–Kier alpha value is -8.66. The fourth-order valence-electron chi connectivity index (χ4n) is 9.45. The van der Waals surface area contributed by atoms with Crippen molar-refractivity contribution in [1.29, 1.82) is 0 Å². The molecule has 65 heavy (non-hydrogen) atoms. The van der Waals surface area contributed by atoms with Gasteiger partial charge in [0, 0.05) is 38.9 Å². The van der Waals surface area contributed by atoms with Gasteiger partial charge >= 0.3 is 0 Å². The molecule has 0 saturated carbocycles. The molecule has 0 fully saturated rings. The lowest BCUT2D eigenvalue weighted by atomic mass is 9.98. The van der Waals surface area contributed by atoms with Gasteiger partial charge < -0.3 is 14.2 Å². The van der Waals surface area contributed by atoms with E-state index >= 15 is 0 Å². The smallest absolute Gasteiger partial charge is 0.159 e. The number of hydrogen-bond acceptors (Lipinski definition) is 3. The molecular formula is C62H42N2O. The standard InChI is InChI=1S/C62H42N2O/c1-3-14-43(15-4-1)44-26-28-45(29-27-44)46-30-36-51(37-31-46)63(50-17-5-2-6-18-50)52-38-32-47(33-39-52)48-34-40-53(41-35-48)64(59-24-13-23-58-57-22-11-12-25-61(57)65-62(58)59)60-42-49-16-7-8-19-54(49)55-20-9-10-21-56(55)60/h1-42H. The number of furan rings is 1. The summed E-state index contributed by atoms with van der Waals surface area (Å²) in [6.45, 7) is 0. The van der Waals surface area contributed by atoms with E-state index in [0.717, 1.165) is 67.2 Å². The Bertz CT molecular complexity index is 3620. The van der Waals surface area contributed by atoms with Gasteiger partial charge in [0.05, 0.1) is 11.4 Å². The Morgan fingerprint density at radius 2 is 0.662 bits per heavy atom. The summed E-state index contributed by atoms with van der Waals surface area (Å²) in [5.41, 5.74) is 15.3. The summed E-state index contributed by atoms with van der Waals surface area (Å²) in [7, 11) is 0. The molecule has 0 aliphatic rings. The maximum atomic E-state index is 6.69. The van der Waals surface area contributed by atoms with Crippen molar-refractivity contribution in [3.05, 3.63) is 255 Å². The summed E-state index contributed by atoms with van der Waals surface area (Å²) in [6, 6.07) is 91.2. The Kier molecular flexibility index (Phi) is 9.50. The molecule has 0 N–H and O–H groups in total. The Morgan fingerprint density at radius 3 is 1.26 bits per heavy atom. The molecule has 306 valence electrons. The highest BCUT2D eigenvalue weighted by Gasteiger charge is 2.22. The van der Waals surface area contributed by atoms with E-state index in [0.29, 0.717) is 0 Å². The molecule has 0 unspecified atom stereocenters. The number of benzene rings is 11. The predicted molar refractivity (Wildman–Crippen MR) is 274 cm³/mol. The molecule has 0 aliphatic carbocycles. The van der Waals surface area contributed by atoms with Gasteiger partial charge in [0.2, 0.25) is 0 Å². The number of hydrogen-bond donors (Lipinski definition) is 0. The molecule has 11 aromatic carbocycles. The summed E-state index contributed by atoms with van der Waals surface area (Å²) < 4.78 is 6.69. The molecular weight excluding hydrogens is 789 g/mol. The molecule has 0 amide bonds. The average molecular weight is 831 g/mol. The molecule has 0 spiro atoms. The largest absolute Gasteiger partial charge is 0.454 e. The van der Waals surface area contributed by atoms with E-state index in [1.807, 2.05) is 6.07 Å². The second kappa shape index (κ2) is 16.2. The lowest BCUT2D eigenvalue weighted by molar-refractivity contribution is 0.669. The van der Waals surface area contributed by atoms with Crippen LogP contribution in [0, 0.1) is 0 Å². The van der Waals surface area contributed by atoms with E-state index in [9.17, 15) is 0 Å². The molecule has 1 heterocycles. The quantitative estimate of drug-likeness (QED) is 0.135. The van der Waals surface area contributed by atoms with Crippen LogP contribution >= 0.6 is 0 Å². The minimum absolute atomic E-state index is 0.862. The zero-order chi connectivity index (χ0) is 43.1. The molecule has 12 rings (SSSR count). The third-order valence-electron chi connectivity index (χ3n) is 12.7. The van der Waals surface area contributed by atoms with Crippen LogP contribution in [0.3, 0.4) is 0 Å². The van der Waals surface area contributed by atoms with Crippen molar-refractivity contribution in [2.45, 2.75) is 0 Å². The first-order valence-corrected chi connectivity index (χ1v) is 22.2. The van der Waals surface area contributed by atoms with Crippen molar-refractivity contribution in [3.8, 4) is 33.4 Å². The van der Waals surface area contributed by atoms with Crippen LogP contribution in [-0.2, 0) is 0 Å². The minimum atomic E-state index is 0.862. The average Bonchev–Trinajstić information content (AvgIpc) is 3.77. The number of para-hydroxylation sites is 3. The van der Waals surface area contributed by atoms with Gasteiger partial charge in [0.25, 0.3) is 0 Å². The summed E-state index contributed by atoms with van der Waals surface area (Å²) >= 11 is 0. The highest BCUT2D eigenvalue weighted by atomic mass is 16.3. The van der Waals surface area contributed by atoms with Crippen LogP contribution < -0.4 is 9.80 Å². The van der Waals surface area contributed by atoms with Crippen molar-refractivity contribution < 1.29 is 4.42 Å². The zero-order valence-electron chi connectivity index (χ0n) is 35.6. The van der Waals surface area contributed by atoms with Gasteiger partial charge in [-0.3, -0.25) is 0 Å². The fourth-order valence-corrected chi connectivity index (χ4v) is 9.45. The monoisotopic (exact) mass is 830 g/mol. The highest BCUT2D eigenvalue weighted by molar-refractivity contribution is 6.16. The van der Waals surface area contributed by atoms with Gasteiger partial charge in [-0.2, -0.15) is 0 Å². The molecule has 0 bridgehead atoms. The maximum absolute atomic E-state index is 6.69. The topological polar surface area (TPSA) is 19.6 Å². The SMILES string of the molecule is c1ccc(-c2ccc(-c3ccc(N(c4ccccc4)c4ccc(-c5ccc(N(c6cc7ccccc7c7ccccc67)c6cccc7c6oc6ccccc67)cc5)cc4)cc3)cc2)cc1. The van der Waals surface area contributed by atoms with Crippen molar-refractivity contribution >= 4 is 77.6 Å². The van der Waals surface area contributed by atoms with Crippen LogP contribution in [0.15, 0.2) is 259 Å². The second-order valence-electron chi connectivity index (χ2n) is 16.5. The van der Waals surface area contributed by atoms with Gasteiger partial charge in [0.15, 0.2) is 5.58 Å². The third kappa shape index (κ3) is 6.97. The number of fused-ring (bicyclic) bond motifs is 6. The first-order chi connectivity index (χ1) is 32.2. The summed E-state index contributed by atoms with van der Waals surface area (Å²) in [5.74, 6) is 0. The fraction of sp³-hybridized carbons (Fsp3) is 0. The minimum Gasteiger partial charge on any atom is -0.454 e. The van der Waals surface area contributed by atoms with Gasteiger partial charge in [-0.05, 0) is 116 Å². The summed E-state index contributed by atoms with van der Waals surface area (Å²) in [4.78, 5) is 4.69. The Balaban J connectivity index is 0.897. The first kappa shape index (κ1) is 38.0. The van der Waals surface area contributed by atoms with E-state index in [2.05, 4.69) is 259 Å². The van der Waals surface area contributed by atoms with Crippen molar-refractivity contribution in [3.63, 3.8) is 0 Å². The number of rotatable bonds is 9. The molecule has 3 heteroatoms. The van der Waals surface area contributed by atoms with E-state index in [4.69, 9.17) is 4.42 Å². The summed E-state index contributed by atoms with van der Waals surface area (Å²) in [5, 5.41) is 7.02. The van der Waals surface area contributed by atoms with E-state index in [-0.39, 0.29) is 0 Å². The van der Waals surface area contributed by atoms with Gasteiger partial charge in [0.1, 0.15) is 5.58 Å². The van der Waals surface area contributed by atoms with Crippen LogP contribution in [0.25, 0.3) is 76.9 Å². The highest BCUT2D eigenvalue weighted by Crippen LogP contribution is 2.46. The van der Waals surface area contributed by atoms with Gasteiger partial charge in [-0.1, -0.05) is 188 Å².